The van der Waals surface area contributed by atoms with E-state index in [1.807, 2.05) is 20.8 Å². The summed E-state index contributed by atoms with van der Waals surface area (Å²) in [7, 11) is 0. The summed E-state index contributed by atoms with van der Waals surface area (Å²) in [5.74, 6) is -3.57. The maximum atomic E-state index is 12.7. The van der Waals surface area contributed by atoms with Crippen molar-refractivity contribution >= 4 is 23.7 Å². The van der Waals surface area contributed by atoms with Gasteiger partial charge in [-0.2, -0.15) is 0 Å². The van der Waals surface area contributed by atoms with Crippen LogP contribution in [0.2, 0.25) is 0 Å². The van der Waals surface area contributed by atoms with Crippen molar-refractivity contribution in [1.82, 2.24) is 4.90 Å². The van der Waals surface area contributed by atoms with Gasteiger partial charge in [0.25, 0.3) is 5.91 Å². The van der Waals surface area contributed by atoms with Gasteiger partial charge in [0, 0.05) is 13.1 Å². The molecular formula is C20H22N2O8. The third kappa shape index (κ3) is 6.43. The first kappa shape index (κ1) is 22.6. The quantitative estimate of drug-likeness (QED) is 0.392. The van der Waals surface area contributed by atoms with E-state index in [9.17, 15) is 24.5 Å². The Bertz CT molecular complexity index is 958. The lowest BCUT2D eigenvalue weighted by Gasteiger charge is -2.30. The van der Waals surface area contributed by atoms with Crippen LogP contribution < -0.4 is 0 Å². The molecule has 2 aromatic rings. The predicted molar refractivity (Wildman–Crippen MR) is 104 cm³/mol. The maximum Gasteiger partial charge on any atom is 0.433 e. The van der Waals surface area contributed by atoms with Crippen molar-refractivity contribution in [2.45, 2.75) is 27.3 Å². The molecule has 0 unspecified atom stereocenters. The highest BCUT2D eigenvalue weighted by Crippen LogP contribution is 2.19. The smallest absolute Gasteiger partial charge is 0.433 e. The van der Waals surface area contributed by atoms with Crippen LogP contribution in [-0.2, 0) is 16.1 Å². The number of hydrogen-bond acceptors (Lipinski definition) is 7. The van der Waals surface area contributed by atoms with E-state index in [1.165, 1.54) is 17.0 Å². The fraction of sp³-hybridized carbons (Fsp3) is 0.350. The number of ether oxygens (including phenoxy) is 1. The molecule has 1 aromatic carbocycles. The van der Waals surface area contributed by atoms with E-state index in [1.54, 1.807) is 12.1 Å². The van der Waals surface area contributed by atoms with Crippen LogP contribution in [0.15, 0.2) is 40.8 Å². The van der Waals surface area contributed by atoms with Crippen molar-refractivity contribution in [2.75, 3.05) is 13.2 Å². The monoisotopic (exact) mass is 418 g/mol. The van der Waals surface area contributed by atoms with Crippen molar-refractivity contribution in [1.29, 1.82) is 0 Å². The number of amides is 1. The highest BCUT2D eigenvalue weighted by molar-refractivity contribution is 5.89. The van der Waals surface area contributed by atoms with Crippen LogP contribution in [0.1, 0.15) is 47.2 Å². The summed E-state index contributed by atoms with van der Waals surface area (Å²) in [4.78, 5) is 47.1. The molecule has 1 aromatic heterocycles. The second kappa shape index (κ2) is 9.21. The molecule has 0 aliphatic heterocycles. The largest absolute Gasteiger partial charge is 0.478 e. The molecule has 0 atom stereocenters. The number of rotatable bonds is 8. The van der Waals surface area contributed by atoms with E-state index in [4.69, 9.17) is 14.3 Å². The predicted octanol–water partition coefficient (Wildman–Crippen LogP) is 3.12. The minimum atomic E-state index is -1.08. The number of nitro groups is 1. The zero-order valence-corrected chi connectivity index (χ0v) is 16.8. The lowest BCUT2D eigenvalue weighted by molar-refractivity contribution is -0.402. The fourth-order valence-corrected chi connectivity index (χ4v) is 2.65. The van der Waals surface area contributed by atoms with Gasteiger partial charge in [-0.05, 0) is 29.2 Å². The average molecular weight is 418 g/mol. The van der Waals surface area contributed by atoms with Crippen LogP contribution in [0.4, 0.5) is 5.88 Å². The second-order valence-electron chi connectivity index (χ2n) is 7.79. The first-order valence-corrected chi connectivity index (χ1v) is 8.97. The number of carboxylic acids is 1. The number of carbonyl (C=O) groups is 3. The van der Waals surface area contributed by atoms with Crippen LogP contribution in [-0.4, -0.2) is 45.9 Å². The maximum absolute atomic E-state index is 12.7. The summed E-state index contributed by atoms with van der Waals surface area (Å²) in [6.45, 7) is 5.63. The molecule has 0 fully saturated rings. The van der Waals surface area contributed by atoms with E-state index in [0.29, 0.717) is 12.1 Å². The summed E-state index contributed by atoms with van der Waals surface area (Å²) in [6.07, 6.45) is 0. The van der Waals surface area contributed by atoms with Gasteiger partial charge in [-0.25, -0.2) is 9.59 Å². The Morgan fingerprint density at radius 2 is 1.90 bits per heavy atom. The van der Waals surface area contributed by atoms with Gasteiger partial charge in [-0.1, -0.05) is 32.9 Å². The Balaban J connectivity index is 2.09. The average Bonchev–Trinajstić information content (AvgIpc) is 3.15. The van der Waals surface area contributed by atoms with E-state index in [0.717, 1.165) is 12.1 Å². The van der Waals surface area contributed by atoms with Gasteiger partial charge in [0.15, 0.2) is 6.61 Å². The Hall–Kier alpha value is -3.69. The van der Waals surface area contributed by atoms with Gasteiger partial charge in [-0.3, -0.25) is 14.9 Å². The van der Waals surface area contributed by atoms with Gasteiger partial charge < -0.3 is 19.2 Å². The van der Waals surface area contributed by atoms with E-state index < -0.39 is 35.3 Å². The van der Waals surface area contributed by atoms with Crippen molar-refractivity contribution in [2.24, 2.45) is 5.41 Å². The second-order valence-corrected chi connectivity index (χ2v) is 7.79. The van der Waals surface area contributed by atoms with Crippen molar-refractivity contribution < 1.29 is 33.6 Å². The number of furan rings is 1. The molecule has 0 saturated carbocycles. The normalized spacial score (nSPS) is 11.0. The summed E-state index contributed by atoms with van der Waals surface area (Å²) in [5.41, 5.74) is 0.438. The van der Waals surface area contributed by atoms with Gasteiger partial charge >= 0.3 is 17.8 Å². The zero-order valence-electron chi connectivity index (χ0n) is 16.8. The summed E-state index contributed by atoms with van der Waals surface area (Å²) < 4.78 is 9.69. The molecule has 10 nitrogen and oxygen atoms in total. The molecule has 0 aliphatic rings. The minimum Gasteiger partial charge on any atom is -0.478 e. The topological polar surface area (TPSA) is 140 Å². The number of aromatic carboxylic acids is 1. The van der Waals surface area contributed by atoms with E-state index in [2.05, 4.69) is 0 Å². The van der Waals surface area contributed by atoms with E-state index >= 15 is 0 Å². The lowest BCUT2D eigenvalue weighted by Crippen LogP contribution is -2.39. The Labute approximate surface area is 172 Å². The van der Waals surface area contributed by atoms with Gasteiger partial charge in [0.2, 0.25) is 5.76 Å². The summed E-state index contributed by atoms with van der Waals surface area (Å²) in [6, 6.07) is 8.31. The molecule has 1 heterocycles. The van der Waals surface area contributed by atoms with Crippen LogP contribution >= 0.6 is 0 Å². The molecular weight excluding hydrogens is 396 g/mol. The summed E-state index contributed by atoms with van der Waals surface area (Å²) >= 11 is 0. The van der Waals surface area contributed by atoms with Gasteiger partial charge in [-0.15, -0.1) is 0 Å². The molecule has 10 heteroatoms. The van der Waals surface area contributed by atoms with Gasteiger partial charge in [0.05, 0.1) is 11.6 Å². The van der Waals surface area contributed by atoms with Gasteiger partial charge in [0.1, 0.15) is 4.92 Å². The minimum absolute atomic E-state index is 0.0986. The van der Waals surface area contributed by atoms with Crippen molar-refractivity contribution in [3.05, 3.63) is 63.4 Å². The third-order valence-corrected chi connectivity index (χ3v) is 3.86. The van der Waals surface area contributed by atoms with E-state index in [-0.39, 0.29) is 23.3 Å². The molecule has 2 rings (SSSR count). The molecule has 0 radical (unpaired) electrons. The fourth-order valence-electron chi connectivity index (χ4n) is 2.65. The molecule has 1 amide bonds. The zero-order chi connectivity index (χ0) is 22.5. The van der Waals surface area contributed by atoms with Crippen molar-refractivity contribution in [3.8, 4) is 0 Å². The number of nitrogens with zero attached hydrogens (tertiary/aromatic N) is 2. The molecule has 160 valence electrons. The molecule has 30 heavy (non-hydrogen) atoms. The molecule has 0 aliphatic carbocycles. The van der Waals surface area contributed by atoms with Crippen LogP contribution in [0.3, 0.4) is 0 Å². The lowest BCUT2D eigenvalue weighted by atomic mass is 9.95. The number of hydrogen-bond donors (Lipinski definition) is 1. The molecule has 1 N–H and O–H groups in total. The molecule has 0 saturated heterocycles. The Kier molecular flexibility index (Phi) is 6.93. The third-order valence-electron chi connectivity index (χ3n) is 3.86. The molecule has 0 bridgehead atoms. The van der Waals surface area contributed by atoms with Crippen LogP contribution in [0.5, 0.6) is 0 Å². The number of carbonyl (C=O) groups excluding carboxylic acids is 2. The number of esters is 1. The first-order valence-electron chi connectivity index (χ1n) is 8.97. The number of benzene rings is 1. The highest BCUT2D eigenvalue weighted by atomic mass is 16.7. The van der Waals surface area contributed by atoms with Crippen LogP contribution in [0.25, 0.3) is 0 Å². The van der Waals surface area contributed by atoms with Crippen LogP contribution in [0, 0.1) is 15.5 Å². The number of carboxylic acid groups (broad SMARTS) is 1. The highest BCUT2D eigenvalue weighted by Gasteiger charge is 2.24. The Morgan fingerprint density at radius 3 is 2.47 bits per heavy atom. The SMILES string of the molecule is CC(C)(C)CN(Cc1cccc(C(=O)O)c1)C(=O)COC(=O)c1ccc([N+](=O)[O-])o1. The Morgan fingerprint density at radius 1 is 1.20 bits per heavy atom. The first-order chi connectivity index (χ1) is 14.0. The summed E-state index contributed by atoms with van der Waals surface area (Å²) in [5, 5.41) is 19.8. The standard InChI is InChI=1S/C20H22N2O8/c1-20(2,3)12-21(10-13-5-4-6-14(9-13)18(24)25)16(23)11-29-19(26)15-7-8-17(30-15)22(27)28/h4-9H,10-12H2,1-3H3,(H,24,25). The molecule has 0 spiro atoms. The van der Waals surface area contributed by atoms with Crippen molar-refractivity contribution in [3.63, 3.8) is 0 Å².